The number of anilines is 2. The molecule has 1 fully saturated rings. The lowest BCUT2D eigenvalue weighted by Gasteiger charge is -2.35. The fourth-order valence-electron chi connectivity index (χ4n) is 2.05. The van der Waals surface area contributed by atoms with Gasteiger partial charge in [-0.05, 0) is 13.8 Å². The molecule has 1 aliphatic heterocycles. The fourth-order valence-corrected chi connectivity index (χ4v) is 3.06. The van der Waals surface area contributed by atoms with Crippen molar-refractivity contribution in [3.63, 3.8) is 0 Å². The predicted molar refractivity (Wildman–Crippen MR) is 74.7 cm³/mol. The second-order valence-corrected chi connectivity index (χ2v) is 5.59. The third kappa shape index (κ3) is 2.49. The Morgan fingerprint density at radius 3 is 2.88 bits per heavy atom. The fraction of sp³-hybridized carbons (Fsp3) is 0.667. The maximum Gasteiger partial charge on any atom is 0.137 e. The number of nitrogens with two attached hydrogens (primary N) is 1. The second kappa shape index (κ2) is 5.12. The number of nitrogen functional groups attached to an aromatic ring is 1. The van der Waals surface area contributed by atoms with Gasteiger partial charge in [0.25, 0.3) is 0 Å². The van der Waals surface area contributed by atoms with Crippen LogP contribution in [0.4, 0.5) is 11.6 Å². The van der Waals surface area contributed by atoms with Gasteiger partial charge in [0, 0.05) is 36.1 Å². The van der Waals surface area contributed by atoms with Crippen LogP contribution in [0, 0.1) is 6.92 Å². The minimum Gasteiger partial charge on any atom is -0.383 e. The minimum absolute atomic E-state index is 0.520. The van der Waals surface area contributed by atoms with E-state index in [1.807, 2.05) is 18.7 Å². The normalized spacial score (nSPS) is 20.6. The van der Waals surface area contributed by atoms with Crippen LogP contribution >= 0.6 is 11.8 Å². The third-order valence-corrected chi connectivity index (χ3v) is 4.35. The van der Waals surface area contributed by atoms with E-state index in [4.69, 9.17) is 5.73 Å². The zero-order valence-corrected chi connectivity index (χ0v) is 11.5. The summed E-state index contributed by atoms with van der Waals surface area (Å²) in [5.41, 5.74) is 6.98. The highest BCUT2D eigenvalue weighted by atomic mass is 32.2. The molecule has 0 aliphatic carbocycles. The SMILES string of the molecule is CCc1nc(N)c(C)c(N2CCSCC2C)n1. The lowest BCUT2D eigenvalue weighted by atomic mass is 10.2. The molecule has 0 aromatic carbocycles. The first-order valence-electron chi connectivity index (χ1n) is 6.10. The van der Waals surface area contributed by atoms with E-state index in [0.29, 0.717) is 11.9 Å². The van der Waals surface area contributed by atoms with E-state index in [0.717, 1.165) is 41.7 Å². The van der Waals surface area contributed by atoms with Crippen molar-refractivity contribution in [3.8, 4) is 0 Å². The largest absolute Gasteiger partial charge is 0.383 e. The van der Waals surface area contributed by atoms with E-state index < -0.39 is 0 Å². The van der Waals surface area contributed by atoms with Crippen molar-refractivity contribution in [1.29, 1.82) is 0 Å². The van der Waals surface area contributed by atoms with Crippen molar-refractivity contribution in [1.82, 2.24) is 9.97 Å². The number of aryl methyl sites for hydroxylation is 1. The van der Waals surface area contributed by atoms with Gasteiger partial charge < -0.3 is 10.6 Å². The smallest absolute Gasteiger partial charge is 0.137 e. The van der Waals surface area contributed by atoms with Crippen LogP contribution in [0.15, 0.2) is 0 Å². The summed E-state index contributed by atoms with van der Waals surface area (Å²) in [5, 5.41) is 0. The molecule has 2 rings (SSSR count). The summed E-state index contributed by atoms with van der Waals surface area (Å²) in [6.45, 7) is 7.36. The molecule has 1 saturated heterocycles. The van der Waals surface area contributed by atoms with E-state index in [-0.39, 0.29) is 0 Å². The van der Waals surface area contributed by atoms with E-state index in [1.165, 1.54) is 0 Å². The van der Waals surface area contributed by atoms with Gasteiger partial charge in [0.2, 0.25) is 0 Å². The average Bonchev–Trinajstić information content (AvgIpc) is 2.33. The average molecular weight is 252 g/mol. The first-order valence-corrected chi connectivity index (χ1v) is 7.26. The molecule has 1 aliphatic rings. The third-order valence-electron chi connectivity index (χ3n) is 3.16. The molecule has 1 aromatic heterocycles. The highest BCUT2D eigenvalue weighted by Gasteiger charge is 2.23. The first kappa shape index (κ1) is 12.5. The van der Waals surface area contributed by atoms with Gasteiger partial charge >= 0.3 is 0 Å². The van der Waals surface area contributed by atoms with Crippen molar-refractivity contribution in [2.24, 2.45) is 0 Å². The summed E-state index contributed by atoms with van der Waals surface area (Å²) in [4.78, 5) is 11.3. The van der Waals surface area contributed by atoms with Crippen LogP contribution < -0.4 is 10.6 Å². The summed E-state index contributed by atoms with van der Waals surface area (Å²) in [6.07, 6.45) is 0.828. The van der Waals surface area contributed by atoms with E-state index in [2.05, 4.69) is 28.7 Å². The van der Waals surface area contributed by atoms with Gasteiger partial charge in [0.1, 0.15) is 17.5 Å². The molecular weight excluding hydrogens is 232 g/mol. The molecule has 0 spiro atoms. The number of thioether (sulfide) groups is 1. The molecule has 94 valence electrons. The van der Waals surface area contributed by atoms with Crippen LogP contribution in [0.1, 0.15) is 25.2 Å². The Morgan fingerprint density at radius 1 is 1.47 bits per heavy atom. The Morgan fingerprint density at radius 2 is 2.24 bits per heavy atom. The maximum absolute atomic E-state index is 5.97. The zero-order chi connectivity index (χ0) is 12.4. The first-order chi connectivity index (χ1) is 8.13. The number of hydrogen-bond donors (Lipinski definition) is 1. The monoisotopic (exact) mass is 252 g/mol. The van der Waals surface area contributed by atoms with Crippen molar-refractivity contribution in [2.45, 2.75) is 33.2 Å². The van der Waals surface area contributed by atoms with Crippen LogP contribution in [0.3, 0.4) is 0 Å². The Kier molecular flexibility index (Phi) is 3.76. The highest BCUT2D eigenvalue weighted by molar-refractivity contribution is 7.99. The zero-order valence-electron chi connectivity index (χ0n) is 10.7. The van der Waals surface area contributed by atoms with Gasteiger partial charge in [-0.15, -0.1) is 0 Å². The lowest BCUT2D eigenvalue weighted by molar-refractivity contribution is 0.682. The number of aromatic nitrogens is 2. The Hall–Kier alpha value is -0.970. The van der Waals surface area contributed by atoms with E-state index in [1.54, 1.807) is 0 Å². The summed E-state index contributed by atoms with van der Waals surface area (Å²) in [6, 6.07) is 0.520. The number of rotatable bonds is 2. The van der Waals surface area contributed by atoms with Crippen LogP contribution in [0.5, 0.6) is 0 Å². The second-order valence-electron chi connectivity index (χ2n) is 4.44. The van der Waals surface area contributed by atoms with E-state index in [9.17, 15) is 0 Å². The van der Waals surface area contributed by atoms with Crippen LogP contribution in [-0.4, -0.2) is 34.1 Å². The molecule has 2 heterocycles. The molecule has 1 unspecified atom stereocenters. The molecule has 2 N–H and O–H groups in total. The molecule has 0 radical (unpaired) electrons. The Labute approximate surface area is 107 Å². The van der Waals surface area contributed by atoms with Crippen LogP contribution in [0.2, 0.25) is 0 Å². The van der Waals surface area contributed by atoms with Gasteiger partial charge in [0.05, 0.1) is 0 Å². The Bertz CT molecular complexity index is 408. The molecule has 0 saturated carbocycles. The van der Waals surface area contributed by atoms with Crippen LogP contribution in [-0.2, 0) is 6.42 Å². The molecule has 5 heteroatoms. The van der Waals surface area contributed by atoms with E-state index >= 15 is 0 Å². The van der Waals surface area contributed by atoms with Crippen molar-refractivity contribution < 1.29 is 0 Å². The standard InChI is InChI=1S/C12H20N4S/c1-4-10-14-11(13)9(3)12(15-10)16-5-6-17-7-8(16)2/h8H,4-7H2,1-3H3,(H2,13,14,15). The lowest BCUT2D eigenvalue weighted by Crippen LogP contribution is -2.41. The van der Waals surface area contributed by atoms with Crippen molar-refractivity contribution in [3.05, 3.63) is 11.4 Å². The highest BCUT2D eigenvalue weighted by Crippen LogP contribution is 2.27. The molecule has 0 bridgehead atoms. The quantitative estimate of drug-likeness (QED) is 0.871. The summed E-state index contributed by atoms with van der Waals surface area (Å²) >= 11 is 2.01. The molecular formula is C12H20N4S. The maximum atomic E-state index is 5.97. The van der Waals surface area contributed by atoms with Crippen molar-refractivity contribution in [2.75, 3.05) is 28.7 Å². The summed E-state index contributed by atoms with van der Waals surface area (Å²) in [7, 11) is 0. The predicted octanol–water partition coefficient (Wildman–Crippen LogP) is 1.87. The van der Waals surface area contributed by atoms with Gasteiger partial charge in [0.15, 0.2) is 0 Å². The van der Waals surface area contributed by atoms with Gasteiger partial charge in [-0.3, -0.25) is 0 Å². The van der Waals surface area contributed by atoms with Crippen LogP contribution in [0.25, 0.3) is 0 Å². The molecule has 0 amide bonds. The molecule has 17 heavy (non-hydrogen) atoms. The molecule has 1 aromatic rings. The number of hydrogen-bond acceptors (Lipinski definition) is 5. The molecule has 4 nitrogen and oxygen atoms in total. The number of nitrogens with zero attached hydrogens (tertiary/aromatic N) is 3. The van der Waals surface area contributed by atoms with Gasteiger partial charge in [-0.25, -0.2) is 9.97 Å². The topological polar surface area (TPSA) is 55.0 Å². The van der Waals surface area contributed by atoms with Gasteiger partial charge in [-0.2, -0.15) is 11.8 Å². The molecule has 1 atom stereocenters. The Balaban J connectivity index is 2.38. The van der Waals surface area contributed by atoms with Crippen molar-refractivity contribution >= 4 is 23.4 Å². The summed E-state index contributed by atoms with van der Waals surface area (Å²) < 4.78 is 0. The van der Waals surface area contributed by atoms with Gasteiger partial charge in [-0.1, -0.05) is 6.92 Å². The summed E-state index contributed by atoms with van der Waals surface area (Å²) in [5.74, 6) is 4.81. The minimum atomic E-state index is 0.520.